The number of hydrogen-bond donors (Lipinski definition) is 1. The number of halogens is 2. The molecule has 0 aromatic carbocycles. The molecule has 2 N–H and O–H groups in total. The van der Waals surface area contributed by atoms with E-state index in [1.54, 1.807) is 23.2 Å². The first-order valence-electron chi connectivity index (χ1n) is 4.76. The maximum atomic E-state index is 13.7. The zero-order valence-corrected chi connectivity index (χ0v) is 9.98. The highest BCUT2D eigenvalue weighted by Crippen LogP contribution is 2.17. The van der Waals surface area contributed by atoms with Crippen LogP contribution < -0.4 is 5.73 Å². The number of nitrogens with zero attached hydrogens (tertiary/aromatic N) is 3. The lowest BCUT2D eigenvalue weighted by molar-refractivity contribution is 0.604. The van der Waals surface area contributed by atoms with Crippen molar-refractivity contribution in [3.05, 3.63) is 40.8 Å². The fraction of sp³-hybridized carbons (Fsp3) is 0.200. The van der Waals surface area contributed by atoms with Gasteiger partial charge in [-0.15, -0.1) is 0 Å². The predicted molar refractivity (Wildman–Crippen MR) is 61.8 cm³/mol. The average molecular weight is 285 g/mol. The lowest BCUT2D eigenvalue weighted by Gasteiger charge is -2.07. The molecule has 0 fully saturated rings. The first-order chi connectivity index (χ1) is 7.72. The number of aromatic nitrogens is 3. The highest BCUT2D eigenvalue weighted by atomic mass is 79.9. The minimum Gasteiger partial charge on any atom is -0.330 e. The summed E-state index contributed by atoms with van der Waals surface area (Å²) in [5, 5.41) is 0. The summed E-state index contributed by atoms with van der Waals surface area (Å²) in [4.78, 5) is 8.13. The second-order valence-electron chi connectivity index (χ2n) is 3.21. The summed E-state index contributed by atoms with van der Waals surface area (Å²) in [6, 6.07) is 1.37. The molecule has 2 aromatic rings. The third-order valence-corrected chi connectivity index (χ3v) is 2.54. The number of hydrogen-bond acceptors (Lipinski definition) is 3. The summed E-state index contributed by atoms with van der Waals surface area (Å²) in [5.41, 5.74) is 5.45. The predicted octanol–water partition coefficient (Wildman–Crippen LogP) is 1.67. The third kappa shape index (κ3) is 2.12. The van der Waals surface area contributed by atoms with Crippen molar-refractivity contribution in [2.24, 2.45) is 5.73 Å². The second-order valence-corrected chi connectivity index (χ2v) is 4.13. The number of rotatable bonds is 3. The second kappa shape index (κ2) is 4.71. The van der Waals surface area contributed by atoms with E-state index in [0.29, 0.717) is 23.3 Å². The lowest BCUT2D eigenvalue weighted by atomic mass is 10.4. The fourth-order valence-corrected chi connectivity index (χ4v) is 1.73. The van der Waals surface area contributed by atoms with E-state index in [0.717, 1.165) is 0 Å². The van der Waals surface area contributed by atoms with Crippen LogP contribution in [-0.2, 0) is 6.42 Å². The van der Waals surface area contributed by atoms with Gasteiger partial charge in [0.05, 0.1) is 0 Å². The van der Waals surface area contributed by atoms with E-state index in [4.69, 9.17) is 5.73 Å². The Balaban J connectivity index is 2.46. The Morgan fingerprint density at radius 3 is 2.94 bits per heavy atom. The number of pyridine rings is 1. The molecule has 0 radical (unpaired) electrons. The van der Waals surface area contributed by atoms with E-state index in [1.165, 1.54) is 6.07 Å². The largest absolute Gasteiger partial charge is 0.330 e. The Morgan fingerprint density at radius 2 is 2.25 bits per heavy atom. The first kappa shape index (κ1) is 11.2. The third-order valence-electron chi connectivity index (χ3n) is 2.10. The van der Waals surface area contributed by atoms with Gasteiger partial charge in [0.2, 0.25) is 0 Å². The maximum Gasteiger partial charge on any atom is 0.174 e. The van der Waals surface area contributed by atoms with Gasteiger partial charge in [-0.25, -0.2) is 14.4 Å². The van der Waals surface area contributed by atoms with Crippen molar-refractivity contribution in [2.45, 2.75) is 6.42 Å². The van der Waals surface area contributed by atoms with Crippen molar-refractivity contribution in [1.82, 2.24) is 14.5 Å². The summed E-state index contributed by atoms with van der Waals surface area (Å²) in [6.07, 6.45) is 5.41. The molecule has 2 rings (SSSR count). The van der Waals surface area contributed by atoms with Gasteiger partial charge in [0, 0.05) is 29.5 Å². The van der Waals surface area contributed by atoms with E-state index in [9.17, 15) is 4.39 Å². The van der Waals surface area contributed by atoms with Gasteiger partial charge in [-0.2, -0.15) is 0 Å². The zero-order chi connectivity index (χ0) is 11.5. The van der Waals surface area contributed by atoms with Crippen LogP contribution in [0.5, 0.6) is 0 Å². The van der Waals surface area contributed by atoms with Crippen molar-refractivity contribution in [3.63, 3.8) is 0 Å². The van der Waals surface area contributed by atoms with Gasteiger partial charge < -0.3 is 5.73 Å². The van der Waals surface area contributed by atoms with Crippen molar-refractivity contribution in [1.29, 1.82) is 0 Å². The Labute approximate surface area is 100 Å². The van der Waals surface area contributed by atoms with Gasteiger partial charge in [-0.1, -0.05) is 0 Å². The van der Waals surface area contributed by atoms with Crippen LogP contribution in [0.4, 0.5) is 4.39 Å². The van der Waals surface area contributed by atoms with Crippen LogP contribution in [0.15, 0.2) is 29.1 Å². The average Bonchev–Trinajstić information content (AvgIpc) is 2.67. The Bertz CT molecular complexity index is 497. The van der Waals surface area contributed by atoms with Gasteiger partial charge in [0.25, 0.3) is 0 Å². The molecule has 0 aliphatic carbocycles. The number of nitrogens with two attached hydrogens (primary N) is 1. The molecule has 0 amide bonds. The van der Waals surface area contributed by atoms with E-state index >= 15 is 0 Å². The molecule has 2 heterocycles. The van der Waals surface area contributed by atoms with Crippen LogP contribution in [0.2, 0.25) is 0 Å². The molecule has 0 aliphatic heterocycles. The molecular formula is C10H10BrFN4. The van der Waals surface area contributed by atoms with Gasteiger partial charge in [-0.05, 0) is 28.5 Å². The monoisotopic (exact) mass is 284 g/mol. The summed E-state index contributed by atoms with van der Waals surface area (Å²) < 4.78 is 15.9. The van der Waals surface area contributed by atoms with Gasteiger partial charge in [0.1, 0.15) is 5.82 Å². The van der Waals surface area contributed by atoms with Crippen LogP contribution in [0.25, 0.3) is 5.82 Å². The Hall–Kier alpha value is -1.27. The minimum atomic E-state index is -0.398. The molecule has 0 saturated carbocycles. The molecule has 6 heteroatoms. The number of imidazole rings is 1. The molecule has 0 spiro atoms. The van der Waals surface area contributed by atoms with Crippen molar-refractivity contribution in [3.8, 4) is 5.82 Å². The molecule has 84 valence electrons. The van der Waals surface area contributed by atoms with Crippen molar-refractivity contribution in [2.75, 3.05) is 6.54 Å². The van der Waals surface area contributed by atoms with Gasteiger partial charge >= 0.3 is 0 Å². The molecule has 4 nitrogen and oxygen atoms in total. The van der Waals surface area contributed by atoms with E-state index < -0.39 is 5.82 Å². The summed E-state index contributed by atoms with van der Waals surface area (Å²) in [6.45, 7) is 0.467. The molecule has 2 aromatic heterocycles. The summed E-state index contributed by atoms with van der Waals surface area (Å²) in [5.74, 6) is 0.547. The van der Waals surface area contributed by atoms with E-state index in [2.05, 4.69) is 25.9 Å². The molecule has 0 bridgehead atoms. The minimum absolute atomic E-state index is 0.240. The van der Waals surface area contributed by atoms with Crippen LogP contribution in [0.1, 0.15) is 5.82 Å². The first-order valence-corrected chi connectivity index (χ1v) is 5.55. The SMILES string of the molecule is NCCc1nccn1-c1ncc(Br)cc1F. The van der Waals surface area contributed by atoms with E-state index in [1.807, 2.05) is 0 Å². The highest BCUT2D eigenvalue weighted by molar-refractivity contribution is 9.10. The highest BCUT2D eigenvalue weighted by Gasteiger charge is 2.10. The van der Waals surface area contributed by atoms with Crippen LogP contribution >= 0.6 is 15.9 Å². The molecule has 0 aliphatic rings. The molecule has 0 unspecified atom stereocenters. The Kier molecular flexibility index (Phi) is 3.31. The van der Waals surface area contributed by atoms with Crippen LogP contribution in [0.3, 0.4) is 0 Å². The fourth-order valence-electron chi connectivity index (χ4n) is 1.43. The van der Waals surface area contributed by atoms with Crippen molar-refractivity contribution >= 4 is 15.9 Å². The van der Waals surface area contributed by atoms with Gasteiger partial charge in [-0.3, -0.25) is 4.57 Å². The van der Waals surface area contributed by atoms with Crippen LogP contribution in [-0.4, -0.2) is 21.1 Å². The summed E-state index contributed by atoms with van der Waals surface area (Å²) in [7, 11) is 0. The quantitative estimate of drug-likeness (QED) is 0.933. The molecular weight excluding hydrogens is 275 g/mol. The molecule has 0 atom stereocenters. The smallest absolute Gasteiger partial charge is 0.174 e. The maximum absolute atomic E-state index is 13.7. The van der Waals surface area contributed by atoms with Crippen LogP contribution in [0, 0.1) is 5.82 Å². The van der Waals surface area contributed by atoms with Gasteiger partial charge in [0.15, 0.2) is 11.6 Å². The topological polar surface area (TPSA) is 56.7 Å². The molecule has 0 saturated heterocycles. The van der Waals surface area contributed by atoms with E-state index in [-0.39, 0.29) is 5.82 Å². The molecule has 16 heavy (non-hydrogen) atoms. The van der Waals surface area contributed by atoms with Crippen molar-refractivity contribution < 1.29 is 4.39 Å². The Morgan fingerprint density at radius 1 is 1.44 bits per heavy atom. The summed E-state index contributed by atoms with van der Waals surface area (Å²) >= 11 is 3.16. The lowest BCUT2D eigenvalue weighted by Crippen LogP contribution is -2.10. The standard InChI is InChI=1S/C10H10BrFN4/c11-7-5-8(12)10(15-6-7)16-4-3-14-9(16)1-2-13/h3-6H,1-2,13H2. The normalized spacial score (nSPS) is 10.7. The zero-order valence-electron chi connectivity index (χ0n) is 8.40.